The Morgan fingerprint density at radius 3 is 1.85 bits per heavy atom. The van der Waals surface area contributed by atoms with Crippen molar-refractivity contribution in [3.05, 3.63) is 125 Å². The van der Waals surface area contributed by atoms with Gasteiger partial charge < -0.3 is 19.9 Å². The van der Waals surface area contributed by atoms with E-state index in [1.54, 1.807) is 7.11 Å². The Hall–Kier alpha value is -3.76. The predicted octanol–water partition coefficient (Wildman–Crippen LogP) is 5.94. The molecule has 0 saturated heterocycles. The number of hydrogen-bond acceptors (Lipinski definition) is 4. The molecule has 0 heterocycles. The van der Waals surface area contributed by atoms with Crippen molar-refractivity contribution in [2.24, 2.45) is 5.73 Å². The molecular formula is C29H29NO3. The van der Waals surface area contributed by atoms with Gasteiger partial charge >= 0.3 is 0 Å². The molecular weight excluding hydrogens is 410 g/mol. The Bertz CT molecular complexity index is 1130. The fraction of sp³-hybridized carbons (Fsp3) is 0.172. The molecule has 0 saturated carbocycles. The highest BCUT2D eigenvalue weighted by molar-refractivity contribution is 5.51. The molecule has 4 aromatic carbocycles. The zero-order valence-electron chi connectivity index (χ0n) is 18.8. The zero-order chi connectivity index (χ0) is 22.9. The first kappa shape index (κ1) is 22.4. The fourth-order valence-corrected chi connectivity index (χ4v) is 3.83. The van der Waals surface area contributed by atoms with Crippen LogP contribution in [0.15, 0.2) is 103 Å². The van der Waals surface area contributed by atoms with Crippen molar-refractivity contribution in [1.82, 2.24) is 0 Å². The van der Waals surface area contributed by atoms with Crippen LogP contribution in [-0.2, 0) is 13.2 Å². The van der Waals surface area contributed by atoms with E-state index in [0.29, 0.717) is 25.5 Å². The van der Waals surface area contributed by atoms with Crippen LogP contribution < -0.4 is 19.9 Å². The van der Waals surface area contributed by atoms with Crippen LogP contribution in [0.4, 0.5) is 0 Å². The van der Waals surface area contributed by atoms with Gasteiger partial charge in [0.15, 0.2) is 11.5 Å². The monoisotopic (exact) mass is 439 g/mol. The van der Waals surface area contributed by atoms with Crippen LogP contribution >= 0.6 is 0 Å². The standard InChI is InChI=1S/C29H29NO3/c1-31-28-14-8-13-26(29(28)33-21-23-11-6-3-7-12-23)27(19-30)24-15-17-25(18-16-24)32-20-22-9-4-2-5-10-22/h2-18,27H,19-21,30H2,1H3/t27-/m1/s1. The maximum absolute atomic E-state index is 6.26. The number of rotatable bonds is 10. The van der Waals surface area contributed by atoms with Gasteiger partial charge in [-0.3, -0.25) is 0 Å². The van der Waals surface area contributed by atoms with Crippen molar-refractivity contribution in [3.8, 4) is 17.2 Å². The molecule has 0 bridgehead atoms. The van der Waals surface area contributed by atoms with Crippen molar-refractivity contribution in [2.75, 3.05) is 13.7 Å². The minimum atomic E-state index is -0.0333. The summed E-state index contributed by atoms with van der Waals surface area (Å²) in [7, 11) is 1.66. The largest absolute Gasteiger partial charge is 0.493 e. The van der Waals surface area contributed by atoms with Crippen molar-refractivity contribution >= 4 is 0 Å². The van der Waals surface area contributed by atoms with Crippen LogP contribution in [0.2, 0.25) is 0 Å². The van der Waals surface area contributed by atoms with Gasteiger partial charge in [0, 0.05) is 18.0 Å². The van der Waals surface area contributed by atoms with E-state index in [9.17, 15) is 0 Å². The molecule has 4 nitrogen and oxygen atoms in total. The first-order valence-corrected chi connectivity index (χ1v) is 11.1. The summed E-state index contributed by atoms with van der Waals surface area (Å²) in [6.07, 6.45) is 0. The summed E-state index contributed by atoms with van der Waals surface area (Å²) in [5.74, 6) is 2.21. The maximum Gasteiger partial charge on any atom is 0.165 e. The molecule has 0 fully saturated rings. The molecule has 33 heavy (non-hydrogen) atoms. The van der Waals surface area contributed by atoms with Crippen molar-refractivity contribution < 1.29 is 14.2 Å². The van der Waals surface area contributed by atoms with Crippen molar-refractivity contribution in [2.45, 2.75) is 19.1 Å². The number of benzene rings is 4. The molecule has 2 N–H and O–H groups in total. The summed E-state index contributed by atoms with van der Waals surface area (Å²) >= 11 is 0. The third kappa shape index (κ3) is 5.73. The maximum atomic E-state index is 6.26. The summed E-state index contributed by atoms with van der Waals surface area (Å²) in [6, 6.07) is 34.3. The van der Waals surface area contributed by atoms with Gasteiger partial charge in [-0.2, -0.15) is 0 Å². The average molecular weight is 440 g/mol. The number of ether oxygens (including phenoxy) is 3. The fourth-order valence-electron chi connectivity index (χ4n) is 3.83. The van der Waals surface area contributed by atoms with E-state index in [-0.39, 0.29) is 5.92 Å². The van der Waals surface area contributed by atoms with Gasteiger partial charge in [-0.25, -0.2) is 0 Å². The SMILES string of the molecule is COc1cccc([C@H](CN)c2ccc(OCc3ccccc3)cc2)c1OCc1ccccc1. The molecule has 4 rings (SSSR count). The van der Waals surface area contributed by atoms with E-state index in [0.717, 1.165) is 33.8 Å². The molecule has 4 heteroatoms. The zero-order valence-corrected chi connectivity index (χ0v) is 18.8. The Labute approximate surface area is 195 Å². The normalized spacial score (nSPS) is 11.6. The van der Waals surface area contributed by atoms with Crippen LogP contribution in [0.3, 0.4) is 0 Å². The second kappa shape index (κ2) is 11.2. The number of nitrogens with two attached hydrogens (primary N) is 1. The summed E-state index contributed by atoms with van der Waals surface area (Å²) in [5, 5.41) is 0. The molecule has 0 aliphatic rings. The molecule has 1 atom stereocenters. The van der Waals surface area contributed by atoms with Gasteiger partial charge in [0.2, 0.25) is 0 Å². The van der Waals surface area contributed by atoms with Gasteiger partial charge in [0.05, 0.1) is 7.11 Å². The summed E-state index contributed by atoms with van der Waals surface area (Å²) in [6.45, 7) is 1.44. The van der Waals surface area contributed by atoms with Crippen molar-refractivity contribution in [1.29, 1.82) is 0 Å². The molecule has 0 spiro atoms. The highest BCUT2D eigenvalue weighted by Crippen LogP contribution is 2.39. The van der Waals surface area contributed by atoms with Crippen LogP contribution in [0, 0.1) is 0 Å². The van der Waals surface area contributed by atoms with E-state index >= 15 is 0 Å². The van der Waals surface area contributed by atoms with E-state index in [4.69, 9.17) is 19.9 Å². The first-order chi connectivity index (χ1) is 16.3. The molecule has 0 radical (unpaired) electrons. The Balaban J connectivity index is 1.54. The Kier molecular flexibility index (Phi) is 7.62. The lowest BCUT2D eigenvalue weighted by atomic mass is 9.90. The lowest BCUT2D eigenvalue weighted by molar-refractivity contribution is 0.280. The molecule has 168 valence electrons. The lowest BCUT2D eigenvalue weighted by Gasteiger charge is -2.22. The van der Waals surface area contributed by atoms with Crippen molar-refractivity contribution in [3.63, 3.8) is 0 Å². The second-order valence-electron chi connectivity index (χ2n) is 7.78. The van der Waals surface area contributed by atoms with E-state index in [1.807, 2.05) is 72.8 Å². The smallest absolute Gasteiger partial charge is 0.165 e. The Morgan fingerprint density at radius 1 is 0.667 bits per heavy atom. The van der Waals surface area contributed by atoms with E-state index in [1.165, 1.54) is 0 Å². The molecule has 0 aliphatic carbocycles. The van der Waals surface area contributed by atoms with Crippen LogP contribution in [-0.4, -0.2) is 13.7 Å². The van der Waals surface area contributed by atoms with Gasteiger partial charge in [-0.05, 0) is 34.9 Å². The highest BCUT2D eigenvalue weighted by Gasteiger charge is 2.20. The minimum Gasteiger partial charge on any atom is -0.493 e. The van der Waals surface area contributed by atoms with Crippen LogP contribution in [0.1, 0.15) is 28.2 Å². The van der Waals surface area contributed by atoms with E-state index in [2.05, 4.69) is 30.3 Å². The number of hydrogen-bond donors (Lipinski definition) is 1. The molecule has 0 aromatic heterocycles. The average Bonchev–Trinajstić information content (AvgIpc) is 2.89. The topological polar surface area (TPSA) is 53.7 Å². The number of methoxy groups -OCH3 is 1. The minimum absolute atomic E-state index is 0.0333. The van der Waals surface area contributed by atoms with Gasteiger partial charge in [0.1, 0.15) is 19.0 Å². The molecule has 4 aromatic rings. The second-order valence-corrected chi connectivity index (χ2v) is 7.78. The third-order valence-corrected chi connectivity index (χ3v) is 5.60. The van der Waals surface area contributed by atoms with Gasteiger partial charge in [0.25, 0.3) is 0 Å². The molecule has 0 unspecified atom stereocenters. The van der Waals surface area contributed by atoms with Crippen LogP contribution in [0.5, 0.6) is 17.2 Å². The predicted molar refractivity (Wildman–Crippen MR) is 132 cm³/mol. The molecule has 0 amide bonds. The number of para-hydroxylation sites is 1. The third-order valence-electron chi connectivity index (χ3n) is 5.60. The first-order valence-electron chi connectivity index (χ1n) is 11.1. The van der Waals surface area contributed by atoms with E-state index < -0.39 is 0 Å². The quantitative estimate of drug-likeness (QED) is 0.332. The lowest BCUT2D eigenvalue weighted by Crippen LogP contribution is -2.15. The van der Waals surface area contributed by atoms with Crippen LogP contribution in [0.25, 0.3) is 0 Å². The highest BCUT2D eigenvalue weighted by atomic mass is 16.5. The van der Waals surface area contributed by atoms with Gasteiger partial charge in [-0.15, -0.1) is 0 Å². The molecule has 0 aliphatic heterocycles. The Morgan fingerprint density at radius 2 is 1.27 bits per heavy atom. The summed E-state index contributed by atoms with van der Waals surface area (Å²) in [4.78, 5) is 0. The summed E-state index contributed by atoms with van der Waals surface area (Å²) < 4.78 is 17.8. The van der Waals surface area contributed by atoms with Gasteiger partial charge in [-0.1, -0.05) is 84.9 Å². The summed E-state index contributed by atoms with van der Waals surface area (Å²) in [5.41, 5.74) is 10.6.